The van der Waals surface area contributed by atoms with Gasteiger partial charge in [0.15, 0.2) is 0 Å². The van der Waals surface area contributed by atoms with Crippen LogP contribution < -0.4 is 5.32 Å². The first-order valence-corrected chi connectivity index (χ1v) is 4.95. The molecule has 1 aromatic rings. The zero-order valence-electron chi connectivity index (χ0n) is 9.33. The van der Waals surface area contributed by atoms with Gasteiger partial charge in [0.25, 0.3) is 5.91 Å². The molecule has 0 fully saturated rings. The summed E-state index contributed by atoms with van der Waals surface area (Å²) >= 11 is 0. The molecule has 0 unspecified atom stereocenters. The summed E-state index contributed by atoms with van der Waals surface area (Å²) in [5, 5.41) is 12.0. The van der Waals surface area contributed by atoms with Gasteiger partial charge < -0.3 is 14.8 Å². The maximum Gasteiger partial charge on any atom is 0.251 e. The Balaban J connectivity index is 2.31. The van der Waals surface area contributed by atoms with Gasteiger partial charge in [0.2, 0.25) is 0 Å². The van der Waals surface area contributed by atoms with E-state index in [0.29, 0.717) is 13.0 Å². The molecule has 0 spiro atoms. The van der Waals surface area contributed by atoms with Crippen LogP contribution in [0.5, 0.6) is 0 Å². The maximum atomic E-state index is 11.3. The molecule has 0 aromatic carbocycles. The van der Waals surface area contributed by atoms with Gasteiger partial charge in [0, 0.05) is 13.0 Å². The van der Waals surface area contributed by atoms with Crippen LogP contribution in [-0.4, -0.2) is 23.2 Å². The summed E-state index contributed by atoms with van der Waals surface area (Å²) in [6, 6.07) is 3.76. The summed E-state index contributed by atoms with van der Waals surface area (Å²) in [5.74, 6) is 1.33. The van der Waals surface area contributed by atoms with Crippen molar-refractivity contribution in [1.29, 1.82) is 0 Å². The minimum atomic E-state index is -1.32. The van der Waals surface area contributed by atoms with Crippen LogP contribution in [0, 0.1) is 6.92 Å². The highest BCUT2D eigenvalue weighted by Crippen LogP contribution is 2.06. The predicted molar refractivity (Wildman–Crippen MR) is 56.5 cm³/mol. The average Bonchev–Trinajstić information content (AvgIpc) is 2.49. The number of aryl methyl sites for hydroxylation is 1. The normalized spacial score (nSPS) is 11.5. The monoisotopic (exact) mass is 211 g/mol. The van der Waals surface area contributed by atoms with Crippen LogP contribution in [0.2, 0.25) is 0 Å². The lowest BCUT2D eigenvalue weighted by molar-refractivity contribution is -0.136. The van der Waals surface area contributed by atoms with Crippen molar-refractivity contribution >= 4 is 5.91 Å². The van der Waals surface area contributed by atoms with E-state index in [9.17, 15) is 9.90 Å². The zero-order chi connectivity index (χ0) is 11.5. The Kier molecular flexibility index (Phi) is 3.52. The van der Waals surface area contributed by atoms with E-state index < -0.39 is 5.60 Å². The van der Waals surface area contributed by atoms with Gasteiger partial charge in [-0.1, -0.05) is 0 Å². The molecule has 0 saturated heterocycles. The summed E-state index contributed by atoms with van der Waals surface area (Å²) in [6.45, 7) is 5.26. The molecule has 0 saturated carbocycles. The quantitative estimate of drug-likeness (QED) is 0.781. The standard InChI is InChI=1S/C11H17NO3/c1-8-4-5-9(15-8)6-7-12-10(13)11(2,3)14/h4-5,14H,6-7H2,1-3H3,(H,12,13). The molecule has 0 radical (unpaired) electrons. The van der Waals surface area contributed by atoms with E-state index in [1.165, 1.54) is 13.8 Å². The van der Waals surface area contributed by atoms with E-state index in [1.54, 1.807) is 0 Å². The highest BCUT2D eigenvalue weighted by Gasteiger charge is 2.22. The number of hydrogen-bond donors (Lipinski definition) is 2. The van der Waals surface area contributed by atoms with Gasteiger partial charge in [-0.2, -0.15) is 0 Å². The summed E-state index contributed by atoms with van der Waals surface area (Å²) in [4.78, 5) is 11.3. The fourth-order valence-corrected chi connectivity index (χ4v) is 1.14. The molecule has 0 bridgehead atoms. The Morgan fingerprint density at radius 3 is 2.67 bits per heavy atom. The van der Waals surface area contributed by atoms with Gasteiger partial charge in [-0.15, -0.1) is 0 Å². The van der Waals surface area contributed by atoms with Crippen LogP contribution in [-0.2, 0) is 11.2 Å². The maximum absolute atomic E-state index is 11.3. The first-order chi connectivity index (χ1) is 6.89. The summed E-state index contributed by atoms with van der Waals surface area (Å²) in [7, 11) is 0. The Labute approximate surface area is 89.3 Å². The molecule has 0 aliphatic carbocycles. The Morgan fingerprint density at radius 2 is 2.20 bits per heavy atom. The minimum absolute atomic E-state index is 0.370. The zero-order valence-corrected chi connectivity index (χ0v) is 9.33. The molecular formula is C11H17NO3. The smallest absolute Gasteiger partial charge is 0.251 e. The SMILES string of the molecule is Cc1ccc(CCNC(=O)C(C)(C)O)o1. The Bertz CT molecular complexity index is 336. The molecule has 4 heteroatoms. The van der Waals surface area contributed by atoms with Crippen molar-refractivity contribution in [3.63, 3.8) is 0 Å². The molecular weight excluding hydrogens is 194 g/mol. The van der Waals surface area contributed by atoms with Crippen molar-refractivity contribution in [1.82, 2.24) is 5.32 Å². The molecule has 1 rings (SSSR count). The molecule has 1 aromatic heterocycles. The lowest BCUT2D eigenvalue weighted by atomic mass is 10.1. The number of carbonyl (C=O) groups is 1. The van der Waals surface area contributed by atoms with Crippen LogP contribution in [0.1, 0.15) is 25.4 Å². The van der Waals surface area contributed by atoms with E-state index in [1.807, 2.05) is 19.1 Å². The number of amides is 1. The number of nitrogens with one attached hydrogen (secondary N) is 1. The largest absolute Gasteiger partial charge is 0.466 e. The van der Waals surface area contributed by atoms with Gasteiger partial charge in [-0.25, -0.2) is 0 Å². The first-order valence-electron chi connectivity index (χ1n) is 4.95. The molecule has 1 amide bonds. The molecule has 0 aliphatic rings. The summed E-state index contributed by atoms with van der Waals surface area (Å²) < 4.78 is 5.34. The Morgan fingerprint density at radius 1 is 1.53 bits per heavy atom. The van der Waals surface area contributed by atoms with E-state index in [-0.39, 0.29) is 5.91 Å². The number of aliphatic hydroxyl groups is 1. The van der Waals surface area contributed by atoms with Crippen molar-refractivity contribution in [3.05, 3.63) is 23.7 Å². The number of hydrogen-bond acceptors (Lipinski definition) is 3. The molecule has 0 atom stereocenters. The van der Waals surface area contributed by atoms with E-state index in [2.05, 4.69) is 5.32 Å². The van der Waals surface area contributed by atoms with Gasteiger partial charge in [0.05, 0.1) is 0 Å². The van der Waals surface area contributed by atoms with Gasteiger partial charge >= 0.3 is 0 Å². The molecule has 4 nitrogen and oxygen atoms in total. The molecule has 84 valence electrons. The third-order valence-corrected chi connectivity index (χ3v) is 2.01. The van der Waals surface area contributed by atoms with Crippen LogP contribution in [0.4, 0.5) is 0 Å². The van der Waals surface area contributed by atoms with Crippen LogP contribution >= 0.6 is 0 Å². The lowest BCUT2D eigenvalue weighted by Crippen LogP contribution is -2.42. The van der Waals surface area contributed by atoms with Crippen molar-refractivity contribution in [2.75, 3.05) is 6.54 Å². The second-order valence-corrected chi connectivity index (χ2v) is 4.08. The first kappa shape index (κ1) is 11.8. The Hall–Kier alpha value is -1.29. The lowest BCUT2D eigenvalue weighted by Gasteiger charge is -2.16. The third kappa shape index (κ3) is 3.75. The van der Waals surface area contributed by atoms with Crippen molar-refractivity contribution in [2.45, 2.75) is 32.8 Å². The number of carbonyl (C=O) groups excluding carboxylic acids is 1. The second-order valence-electron chi connectivity index (χ2n) is 4.08. The van der Waals surface area contributed by atoms with Gasteiger partial charge in [-0.05, 0) is 32.9 Å². The molecule has 2 N–H and O–H groups in total. The molecule has 0 aliphatic heterocycles. The van der Waals surface area contributed by atoms with E-state index in [4.69, 9.17) is 4.42 Å². The fraction of sp³-hybridized carbons (Fsp3) is 0.545. The van der Waals surface area contributed by atoms with Crippen LogP contribution in [0.25, 0.3) is 0 Å². The van der Waals surface area contributed by atoms with Crippen LogP contribution in [0.15, 0.2) is 16.5 Å². The number of rotatable bonds is 4. The predicted octanol–water partition coefficient (Wildman–Crippen LogP) is 1.02. The number of furan rings is 1. The van der Waals surface area contributed by atoms with Crippen molar-refractivity contribution in [2.24, 2.45) is 0 Å². The van der Waals surface area contributed by atoms with Crippen molar-refractivity contribution < 1.29 is 14.3 Å². The van der Waals surface area contributed by atoms with Gasteiger partial charge in [-0.3, -0.25) is 4.79 Å². The average molecular weight is 211 g/mol. The van der Waals surface area contributed by atoms with E-state index >= 15 is 0 Å². The minimum Gasteiger partial charge on any atom is -0.466 e. The van der Waals surface area contributed by atoms with Crippen molar-refractivity contribution in [3.8, 4) is 0 Å². The highest BCUT2D eigenvalue weighted by molar-refractivity contribution is 5.83. The fourth-order valence-electron chi connectivity index (χ4n) is 1.14. The second kappa shape index (κ2) is 4.49. The molecule has 1 heterocycles. The molecule has 15 heavy (non-hydrogen) atoms. The van der Waals surface area contributed by atoms with Crippen LogP contribution in [0.3, 0.4) is 0 Å². The van der Waals surface area contributed by atoms with Gasteiger partial charge in [0.1, 0.15) is 17.1 Å². The van der Waals surface area contributed by atoms with E-state index in [0.717, 1.165) is 11.5 Å². The topological polar surface area (TPSA) is 62.5 Å². The summed E-state index contributed by atoms with van der Waals surface area (Å²) in [5.41, 5.74) is -1.32. The third-order valence-electron chi connectivity index (χ3n) is 2.01. The summed E-state index contributed by atoms with van der Waals surface area (Å²) in [6.07, 6.45) is 0.635. The highest BCUT2D eigenvalue weighted by atomic mass is 16.3.